The summed E-state index contributed by atoms with van der Waals surface area (Å²) in [6, 6.07) is 6.48. The van der Waals surface area contributed by atoms with Crippen LogP contribution in [0.5, 0.6) is 5.75 Å². The molecule has 0 saturated carbocycles. The van der Waals surface area contributed by atoms with Crippen LogP contribution in [0.15, 0.2) is 18.2 Å². The predicted octanol–water partition coefficient (Wildman–Crippen LogP) is 2.32. The largest absolute Gasteiger partial charge is 0.493 e. The lowest BCUT2D eigenvalue weighted by molar-refractivity contribution is -0.124. The van der Waals surface area contributed by atoms with Crippen LogP contribution in [0.25, 0.3) is 0 Å². The number of hydrogen-bond donors (Lipinski definition) is 1. The quantitative estimate of drug-likeness (QED) is 0.886. The van der Waals surface area contributed by atoms with Crippen LogP contribution >= 0.6 is 0 Å². The zero-order valence-corrected chi connectivity index (χ0v) is 11.3. The molecule has 18 heavy (non-hydrogen) atoms. The third-order valence-electron chi connectivity index (χ3n) is 3.21. The second kappa shape index (κ2) is 5.42. The Hall–Kier alpha value is -1.51. The van der Waals surface area contributed by atoms with Gasteiger partial charge in [-0.3, -0.25) is 4.79 Å². The van der Waals surface area contributed by atoms with Gasteiger partial charge in [-0.05, 0) is 30.5 Å². The van der Waals surface area contributed by atoms with E-state index in [1.54, 1.807) is 0 Å². The Bertz CT molecular complexity index is 440. The van der Waals surface area contributed by atoms with Gasteiger partial charge in [-0.15, -0.1) is 0 Å². The van der Waals surface area contributed by atoms with Gasteiger partial charge in [0.1, 0.15) is 5.75 Å². The van der Waals surface area contributed by atoms with Gasteiger partial charge in [0, 0.05) is 18.4 Å². The molecule has 3 heteroatoms. The maximum absolute atomic E-state index is 11.6. The van der Waals surface area contributed by atoms with Crippen LogP contribution < -0.4 is 10.1 Å². The number of carbonyl (C=O) groups excluding carboxylic acids is 1. The van der Waals surface area contributed by atoms with Crippen molar-refractivity contribution in [2.45, 2.75) is 39.7 Å². The van der Waals surface area contributed by atoms with Crippen LogP contribution in [0.4, 0.5) is 0 Å². The Kier molecular flexibility index (Phi) is 3.90. The molecule has 0 aromatic heterocycles. The fraction of sp³-hybridized carbons (Fsp3) is 0.533. The van der Waals surface area contributed by atoms with E-state index >= 15 is 0 Å². The summed E-state index contributed by atoms with van der Waals surface area (Å²) >= 11 is 0. The molecule has 0 bridgehead atoms. The number of benzene rings is 1. The normalized spacial score (nSPS) is 15.1. The molecule has 1 heterocycles. The topological polar surface area (TPSA) is 38.3 Å². The van der Waals surface area contributed by atoms with Crippen LogP contribution in [0.2, 0.25) is 0 Å². The Morgan fingerprint density at radius 2 is 2.17 bits per heavy atom. The van der Waals surface area contributed by atoms with E-state index in [0.29, 0.717) is 0 Å². The van der Waals surface area contributed by atoms with Crippen molar-refractivity contribution in [1.29, 1.82) is 0 Å². The fourth-order valence-corrected chi connectivity index (χ4v) is 2.18. The van der Waals surface area contributed by atoms with Crippen molar-refractivity contribution < 1.29 is 9.53 Å². The van der Waals surface area contributed by atoms with E-state index in [0.717, 1.165) is 25.2 Å². The molecule has 1 amide bonds. The standard InChI is InChI=1S/C15H21NO2/c1-10(2)15(17)16-11(3)8-12-4-5-14-13(9-12)6-7-18-14/h4-5,9-11H,6-8H2,1-3H3,(H,16,17). The molecule has 0 spiro atoms. The van der Waals surface area contributed by atoms with Crippen molar-refractivity contribution in [2.75, 3.05) is 6.61 Å². The molecule has 1 atom stereocenters. The molecular weight excluding hydrogens is 226 g/mol. The summed E-state index contributed by atoms with van der Waals surface area (Å²) in [5.41, 5.74) is 2.55. The maximum atomic E-state index is 11.6. The zero-order valence-electron chi connectivity index (χ0n) is 11.3. The van der Waals surface area contributed by atoms with E-state index in [9.17, 15) is 4.79 Å². The summed E-state index contributed by atoms with van der Waals surface area (Å²) in [6.45, 7) is 6.66. The maximum Gasteiger partial charge on any atom is 0.222 e. The Balaban J connectivity index is 1.95. The summed E-state index contributed by atoms with van der Waals surface area (Å²) in [4.78, 5) is 11.6. The van der Waals surface area contributed by atoms with Crippen molar-refractivity contribution in [1.82, 2.24) is 5.32 Å². The first kappa shape index (κ1) is 12.9. The van der Waals surface area contributed by atoms with Crippen molar-refractivity contribution in [3.63, 3.8) is 0 Å². The first-order chi connectivity index (χ1) is 8.56. The molecule has 1 N–H and O–H groups in total. The average molecular weight is 247 g/mol. The van der Waals surface area contributed by atoms with E-state index in [2.05, 4.69) is 17.4 Å². The van der Waals surface area contributed by atoms with Crippen LogP contribution in [0, 0.1) is 5.92 Å². The molecule has 0 fully saturated rings. The third-order valence-corrected chi connectivity index (χ3v) is 3.21. The predicted molar refractivity (Wildman–Crippen MR) is 71.8 cm³/mol. The van der Waals surface area contributed by atoms with E-state index in [4.69, 9.17) is 4.74 Å². The first-order valence-electron chi connectivity index (χ1n) is 6.61. The first-order valence-corrected chi connectivity index (χ1v) is 6.61. The van der Waals surface area contributed by atoms with Gasteiger partial charge in [0.2, 0.25) is 5.91 Å². The third kappa shape index (κ3) is 3.03. The summed E-state index contributed by atoms with van der Waals surface area (Å²) in [5, 5.41) is 3.03. The molecule has 0 radical (unpaired) electrons. The number of amides is 1. The molecule has 1 aliphatic heterocycles. The monoisotopic (exact) mass is 247 g/mol. The van der Waals surface area contributed by atoms with Crippen molar-refractivity contribution in [3.05, 3.63) is 29.3 Å². The Morgan fingerprint density at radius 3 is 2.89 bits per heavy atom. The minimum absolute atomic E-state index is 0.0425. The smallest absolute Gasteiger partial charge is 0.222 e. The molecule has 1 aromatic carbocycles. The second-order valence-electron chi connectivity index (χ2n) is 5.31. The summed E-state index contributed by atoms with van der Waals surface area (Å²) < 4.78 is 5.48. The van der Waals surface area contributed by atoms with E-state index in [1.165, 1.54) is 11.1 Å². The minimum atomic E-state index is 0.0425. The van der Waals surface area contributed by atoms with E-state index in [-0.39, 0.29) is 17.9 Å². The average Bonchev–Trinajstić information content (AvgIpc) is 2.75. The molecule has 1 aromatic rings. The van der Waals surface area contributed by atoms with Gasteiger partial charge in [-0.1, -0.05) is 26.0 Å². The van der Waals surface area contributed by atoms with Gasteiger partial charge in [-0.2, -0.15) is 0 Å². The van der Waals surface area contributed by atoms with Crippen LogP contribution in [-0.2, 0) is 17.6 Å². The number of ether oxygens (including phenoxy) is 1. The molecule has 2 rings (SSSR count). The van der Waals surface area contributed by atoms with Crippen molar-refractivity contribution in [3.8, 4) is 5.75 Å². The highest BCUT2D eigenvalue weighted by Gasteiger charge is 2.14. The molecule has 1 aliphatic rings. The van der Waals surface area contributed by atoms with Crippen LogP contribution in [0.3, 0.4) is 0 Å². The Morgan fingerprint density at radius 1 is 1.39 bits per heavy atom. The van der Waals surface area contributed by atoms with Gasteiger partial charge in [0.05, 0.1) is 6.61 Å². The number of hydrogen-bond acceptors (Lipinski definition) is 2. The molecule has 0 aliphatic carbocycles. The molecule has 98 valence electrons. The highest BCUT2D eigenvalue weighted by molar-refractivity contribution is 5.78. The fourth-order valence-electron chi connectivity index (χ4n) is 2.18. The van der Waals surface area contributed by atoms with Crippen molar-refractivity contribution in [2.24, 2.45) is 5.92 Å². The highest BCUT2D eigenvalue weighted by Crippen LogP contribution is 2.26. The lowest BCUT2D eigenvalue weighted by atomic mass is 10.0. The zero-order chi connectivity index (χ0) is 13.1. The van der Waals surface area contributed by atoms with Gasteiger partial charge < -0.3 is 10.1 Å². The molecule has 3 nitrogen and oxygen atoms in total. The van der Waals surface area contributed by atoms with Crippen molar-refractivity contribution >= 4 is 5.91 Å². The Labute approximate surface area is 109 Å². The van der Waals surface area contributed by atoms with Gasteiger partial charge in [0.25, 0.3) is 0 Å². The van der Waals surface area contributed by atoms with Gasteiger partial charge in [0.15, 0.2) is 0 Å². The minimum Gasteiger partial charge on any atom is -0.493 e. The number of nitrogens with one attached hydrogen (secondary N) is 1. The van der Waals surface area contributed by atoms with E-state index in [1.807, 2.05) is 26.8 Å². The number of fused-ring (bicyclic) bond motifs is 1. The molecular formula is C15H21NO2. The van der Waals surface area contributed by atoms with Crippen LogP contribution in [0.1, 0.15) is 31.9 Å². The molecule has 1 unspecified atom stereocenters. The van der Waals surface area contributed by atoms with Gasteiger partial charge >= 0.3 is 0 Å². The molecule has 0 saturated heterocycles. The highest BCUT2D eigenvalue weighted by atomic mass is 16.5. The van der Waals surface area contributed by atoms with Gasteiger partial charge in [-0.25, -0.2) is 0 Å². The lowest BCUT2D eigenvalue weighted by Gasteiger charge is -2.16. The lowest BCUT2D eigenvalue weighted by Crippen LogP contribution is -2.36. The second-order valence-corrected chi connectivity index (χ2v) is 5.31. The number of carbonyl (C=O) groups is 1. The SMILES string of the molecule is CC(Cc1ccc2c(c1)CCO2)NC(=O)C(C)C. The summed E-state index contributed by atoms with van der Waals surface area (Å²) in [6.07, 6.45) is 1.86. The van der Waals surface area contributed by atoms with E-state index < -0.39 is 0 Å². The number of rotatable bonds is 4. The summed E-state index contributed by atoms with van der Waals surface area (Å²) in [5.74, 6) is 1.17. The summed E-state index contributed by atoms with van der Waals surface area (Å²) in [7, 11) is 0. The van der Waals surface area contributed by atoms with Crippen LogP contribution in [-0.4, -0.2) is 18.6 Å².